The van der Waals surface area contributed by atoms with Gasteiger partial charge in [-0.15, -0.1) is 11.3 Å². The Morgan fingerprint density at radius 2 is 2.05 bits per heavy atom. The van der Waals surface area contributed by atoms with E-state index < -0.39 is 6.09 Å². The van der Waals surface area contributed by atoms with Gasteiger partial charge in [-0.1, -0.05) is 23.7 Å². The highest BCUT2D eigenvalue weighted by Gasteiger charge is 2.16. The summed E-state index contributed by atoms with van der Waals surface area (Å²) in [6.45, 7) is 0.226. The van der Waals surface area contributed by atoms with Crippen LogP contribution in [0, 0.1) is 0 Å². The third-order valence-corrected chi connectivity index (χ3v) is 3.66. The molecule has 0 fully saturated rings. The van der Waals surface area contributed by atoms with Gasteiger partial charge in [-0.2, -0.15) is 0 Å². The average molecular weight is 325 g/mol. The van der Waals surface area contributed by atoms with Gasteiger partial charge in [0.15, 0.2) is 0 Å². The molecule has 21 heavy (non-hydrogen) atoms. The van der Waals surface area contributed by atoms with Crippen LogP contribution in [-0.2, 0) is 0 Å². The van der Waals surface area contributed by atoms with Gasteiger partial charge in [-0.25, -0.2) is 4.98 Å². The second-order valence-electron chi connectivity index (χ2n) is 4.01. The number of carbonyl (C=O) groups is 2. The summed E-state index contributed by atoms with van der Waals surface area (Å²) in [6.07, 6.45) is -1.38. The van der Waals surface area contributed by atoms with E-state index in [9.17, 15) is 14.7 Å². The molecule has 0 aliphatic heterocycles. The topological polar surface area (TPSA) is 94.1 Å². The van der Waals surface area contributed by atoms with Crippen molar-refractivity contribution in [1.29, 1.82) is 0 Å². The number of nitrogens with zero attached hydrogens (tertiary/aromatic N) is 1. The lowest BCUT2D eigenvalue weighted by atomic mass is 10.1. The Hall–Kier alpha value is -2.12. The van der Waals surface area contributed by atoms with Crippen molar-refractivity contribution in [2.24, 2.45) is 0 Å². The van der Waals surface area contributed by atoms with Gasteiger partial charge in [0.05, 0.1) is 10.4 Å². The summed E-state index contributed by atoms with van der Waals surface area (Å²) in [5.41, 5.74) is 2.67. The van der Waals surface area contributed by atoms with E-state index in [0.717, 1.165) is 5.56 Å². The fourth-order valence-electron chi connectivity index (χ4n) is 1.67. The maximum atomic E-state index is 12.0. The molecule has 0 spiro atoms. The Labute approximate surface area is 129 Å². The van der Waals surface area contributed by atoms with Crippen LogP contribution in [0.4, 0.5) is 4.79 Å². The average Bonchev–Trinajstić information content (AvgIpc) is 2.92. The number of hydrogen-bond acceptors (Lipinski definition) is 5. The molecule has 110 valence electrons. The summed E-state index contributed by atoms with van der Waals surface area (Å²) in [7, 11) is 0. The molecule has 0 radical (unpaired) electrons. The molecule has 6 nitrogen and oxygen atoms in total. The molecular weight excluding hydrogens is 314 g/mol. The summed E-state index contributed by atoms with van der Waals surface area (Å²) in [5, 5.41) is 15.4. The van der Waals surface area contributed by atoms with E-state index in [4.69, 9.17) is 11.6 Å². The van der Waals surface area contributed by atoms with E-state index in [-0.39, 0.29) is 24.7 Å². The van der Waals surface area contributed by atoms with Crippen molar-refractivity contribution in [3.63, 3.8) is 0 Å². The minimum atomic E-state index is -1.38. The third-order valence-electron chi connectivity index (χ3n) is 2.55. The molecular formula is C13H11ClN3O3S-. The molecule has 0 atom stereocenters. The molecule has 2 rings (SSSR count). The van der Waals surface area contributed by atoms with E-state index in [1.165, 1.54) is 11.3 Å². The minimum Gasteiger partial charge on any atom is -0.530 e. The molecule has 0 saturated carbocycles. The molecule has 0 aliphatic rings. The van der Waals surface area contributed by atoms with Crippen molar-refractivity contribution < 1.29 is 14.7 Å². The van der Waals surface area contributed by atoms with Gasteiger partial charge >= 0.3 is 0 Å². The van der Waals surface area contributed by atoms with Crippen LogP contribution in [0.3, 0.4) is 0 Å². The lowest BCUT2D eigenvalue weighted by Gasteiger charge is -2.08. The largest absolute Gasteiger partial charge is 0.530 e. The standard InChI is InChI=1S/C13H12ClN3O3S/c14-9-3-1-2-8(6-9)11-10(17-7-21-11)12(18)15-4-5-16-13(19)20/h1-3,6-7,16H,4-5H2,(H,15,18)(H,19,20)/p-1. The number of thiazole rings is 1. The van der Waals surface area contributed by atoms with Crippen LogP contribution < -0.4 is 15.7 Å². The normalized spacial score (nSPS) is 10.1. The zero-order chi connectivity index (χ0) is 15.2. The lowest BCUT2D eigenvalue weighted by Crippen LogP contribution is -2.41. The second-order valence-corrected chi connectivity index (χ2v) is 5.30. The van der Waals surface area contributed by atoms with Gasteiger partial charge < -0.3 is 20.5 Å². The number of benzene rings is 1. The fraction of sp³-hybridized carbons (Fsp3) is 0.154. The van der Waals surface area contributed by atoms with Crippen molar-refractivity contribution in [3.05, 3.63) is 40.5 Å². The van der Waals surface area contributed by atoms with Gasteiger partial charge in [0, 0.05) is 18.1 Å². The van der Waals surface area contributed by atoms with Crippen LogP contribution in [0.25, 0.3) is 10.4 Å². The molecule has 0 saturated heterocycles. The first-order chi connectivity index (χ1) is 10.1. The van der Waals surface area contributed by atoms with Gasteiger partial charge in [-0.05, 0) is 17.7 Å². The zero-order valence-corrected chi connectivity index (χ0v) is 12.3. The molecule has 1 heterocycles. The van der Waals surface area contributed by atoms with Crippen molar-refractivity contribution >= 4 is 34.9 Å². The van der Waals surface area contributed by atoms with Crippen LogP contribution in [0.1, 0.15) is 10.5 Å². The molecule has 1 aromatic carbocycles. The first-order valence-electron chi connectivity index (χ1n) is 6.00. The van der Waals surface area contributed by atoms with E-state index in [0.29, 0.717) is 9.90 Å². The molecule has 8 heteroatoms. The summed E-state index contributed by atoms with van der Waals surface area (Å²) in [4.78, 5) is 27.0. The predicted octanol–water partition coefficient (Wildman–Crippen LogP) is 1.13. The highest BCUT2D eigenvalue weighted by molar-refractivity contribution is 7.13. The summed E-state index contributed by atoms with van der Waals surface area (Å²) < 4.78 is 0. The molecule has 1 aromatic heterocycles. The summed E-state index contributed by atoms with van der Waals surface area (Å²) in [6, 6.07) is 7.14. The van der Waals surface area contributed by atoms with Gasteiger partial charge in [-0.3, -0.25) is 4.79 Å². The number of rotatable bonds is 5. The first kappa shape index (κ1) is 15.3. The molecule has 2 amide bonds. The zero-order valence-electron chi connectivity index (χ0n) is 10.8. The maximum Gasteiger partial charge on any atom is 0.271 e. The Balaban J connectivity index is 2.06. The number of aromatic nitrogens is 1. The monoisotopic (exact) mass is 324 g/mol. The number of carbonyl (C=O) groups excluding carboxylic acids is 2. The molecule has 2 N–H and O–H groups in total. The Bertz CT molecular complexity index is 660. The Kier molecular flexibility index (Phi) is 5.13. The Morgan fingerprint density at radius 1 is 1.29 bits per heavy atom. The summed E-state index contributed by atoms with van der Waals surface area (Å²) in [5.74, 6) is -0.369. The van der Waals surface area contributed by atoms with Gasteiger partial charge in [0.1, 0.15) is 11.8 Å². The fourth-order valence-corrected chi connectivity index (χ4v) is 2.64. The SMILES string of the molecule is O=C([O-])NCCNC(=O)c1ncsc1-c1cccc(Cl)c1. The van der Waals surface area contributed by atoms with E-state index in [1.54, 1.807) is 23.7 Å². The highest BCUT2D eigenvalue weighted by Crippen LogP contribution is 2.29. The summed E-state index contributed by atoms with van der Waals surface area (Å²) >= 11 is 7.27. The third kappa shape index (κ3) is 4.17. The van der Waals surface area contributed by atoms with Crippen molar-refractivity contribution in [3.8, 4) is 10.4 Å². The van der Waals surface area contributed by atoms with Crippen molar-refractivity contribution in [2.75, 3.05) is 13.1 Å². The van der Waals surface area contributed by atoms with Crippen LogP contribution in [0.2, 0.25) is 5.02 Å². The van der Waals surface area contributed by atoms with E-state index in [1.807, 2.05) is 6.07 Å². The second kappa shape index (κ2) is 7.05. The quantitative estimate of drug-likeness (QED) is 0.806. The molecule has 0 aliphatic carbocycles. The minimum absolute atomic E-state index is 0.0741. The van der Waals surface area contributed by atoms with Crippen LogP contribution in [0.5, 0.6) is 0 Å². The van der Waals surface area contributed by atoms with Gasteiger partial charge in [0.2, 0.25) is 0 Å². The van der Waals surface area contributed by atoms with Gasteiger partial charge in [0.25, 0.3) is 5.91 Å². The maximum absolute atomic E-state index is 12.0. The van der Waals surface area contributed by atoms with Crippen LogP contribution in [-0.4, -0.2) is 30.1 Å². The molecule has 0 unspecified atom stereocenters. The lowest BCUT2D eigenvalue weighted by molar-refractivity contribution is -0.250. The smallest absolute Gasteiger partial charge is 0.271 e. The van der Waals surface area contributed by atoms with Crippen molar-refractivity contribution in [1.82, 2.24) is 15.6 Å². The van der Waals surface area contributed by atoms with Crippen molar-refractivity contribution in [2.45, 2.75) is 0 Å². The number of halogens is 1. The van der Waals surface area contributed by atoms with E-state index in [2.05, 4.69) is 15.6 Å². The number of carboxylic acid groups (broad SMARTS) is 1. The number of amides is 2. The van der Waals surface area contributed by atoms with E-state index >= 15 is 0 Å². The predicted molar refractivity (Wildman–Crippen MR) is 78.3 cm³/mol. The van der Waals surface area contributed by atoms with Crippen LogP contribution in [0.15, 0.2) is 29.8 Å². The Morgan fingerprint density at radius 3 is 2.76 bits per heavy atom. The molecule has 2 aromatic rings. The number of nitrogens with one attached hydrogen (secondary N) is 2. The number of hydrogen-bond donors (Lipinski definition) is 2. The highest BCUT2D eigenvalue weighted by atomic mass is 35.5. The molecule has 0 bridgehead atoms. The van der Waals surface area contributed by atoms with Crippen LogP contribution >= 0.6 is 22.9 Å². The first-order valence-corrected chi connectivity index (χ1v) is 7.26.